The van der Waals surface area contributed by atoms with Crippen LogP contribution in [0.1, 0.15) is 24.2 Å². The Kier molecular flexibility index (Phi) is 5.10. The van der Waals surface area contributed by atoms with E-state index in [4.69, 9.17) is 4.74 Å². The number of hydrogen-bond acceptors (Lipinski definition) is 5. The number of aryl methyl sites for hydroxylation is 1. The molecular weight excluding hydrogens is 296 g/mol. The Morgan fingerprint density at radius 1 is 1.30 bits per heavy atom. The summed E-state index contributed by atoms with van der Waals surface area (Å²) in [4.78, 5) is 24.5. The summed E-state index contributed by atoms with van der Waals surface area (Å²) in [7, 11) is 3.55. The van der Waals surface area contributed by atoms with E-state index < -0.39 is 5.97 Å². The van der Waals surface area contributed by atoms with Crippen LogP contribution in [0.3, 0.4) is 0 Å². The summed E-state index contributed by atoms with van der Waals surface area (Å²) in [6.07, 6.45) is 1.54. The van der Waals surface area contributed by atoms with Crippen LogP contribution < -0.4 is 5.43 Å². The average molecular weight is 316 g/mol. The molecule has 0 aliphatic heterocycles. The monoisotopic (exact) mass is 316 g/mol. The maximum atomic E-state index is 12.5. The van der Waals surface area contributed by atoms with Crippen LogP contribution in [0.15, 0.2) is 39.5 Å². The molecule has 1 aromatic heterocycles. The first-order valence-electron chi connectivity index (χ1n) is 7.41. The lowest BCUT2D eigenvalue weighted by molar-refractivity contribution is 0.0524. The van der Waals surface area contributed by atoms with Crippen molar-refractivity contribution in [2.75, 3.05) is 20.7 Å². The van der Waals surface area contributed by atoms with Crippen molar-refractivity contribution in [1.29, 1.82) is 0 Å². The normalized spacial score (nSPS) is 11.1. The van der Waals surface area contributed by atoms with Gasteiger partial charge in [0.1, 0.15) is 5.56 Å². The SMILES string of the molecule is CCOC(=O)c1cn(CC)c2cc(N=NN(C)C)ccc2c1=O. The van der Waals surface area contributed by atoms with Gasteiger partial charge in [0.25, 0.3) is 0 Å². The van der Waals surface area contributed by atoms with Crippen molar-refractivity contribution < 1.29 is 9.53 Å². The molecule has 0 unspecified atom stereocenters. The molecule has 0 fully saturated rings. The third kappa shape index (κ3) is 3.56. The number of nitrogens with zero attached hydrogens (tertiary/aromatic N) is 4. The van der Waals surface area contributed by atoms with Gasteiger partial charge in [0, 0.05) is 32.2 Å². The van der Waals surface area contributed by atoms with E-state index in [2.05, 4.69) is 10.3 Å². The highest BCUT2D eigenvalue weighted by molar-refractivity contribution is 5.94. The van der Waals surface area contributed by atoms with Crippen LogP contribution in [0.2, 0.25) is 0 Å². The maximum Gasteiger partial charge on any atom is 0.343 e. The number of esters is 1. The first-order valence-corrected chi connectivity index (χ1v) is 7.41. The highest BCUT2D eigenvalue weighted by Crippen LogP contribution is 2.20. The molecule has 122 valence electrons. The number of carbonyl (C=O) groups is 1. The van der Waals surface area contributed by atoms with Gasteiger partial charge in [-0.2, -0.15) is 0 Å². The molecule has 1 aromatic carbocycles. The van der Waals surface area contributed by atoms with Crippen LogP contribution >= 0.6 is 0 Å². The lowest BCUT2D eigenvalue weighted by atomic mass is 10.1. The molecule has 2 rings (SSSR count). The van der Waals surface area contributed by atoms with Crippen LogP contribution in [0.4, 0.5) is 5.69 Å². The second-order valence-corrected chi connectivity index (χ2v) is 5.12. The fraction of sp³-hybridized carbons (Fsp3) is 0.375. The van der Waals surface area contributed by atoms with Gasteiger partial charge in [-0.25, -0.2) is 4.79 Å². The molecule has 0 N–H and O–H groups in total. The van der Waals surface area contributed by atoms with E-state index in [0.29, 0.717) is 23.1 Å². The summed E-state index contributed by atoms with van der Waals surface area (Å²) in [5.41, 5.74) is 1.06. The minimum atomic E-state index is -0.599. The number of carbonyl (C=O) groups excluding carboxylic acids is 1. The van der Waals surface area contributed by atoms with Crippen molar-refractivity contribution >= 4 is 22.6 Å². The van der Waals surface area contributed by atoms with E-state index in [-0.39, 0.29) is 17.6 Å². The molecule has 0 radical (unpaired) electrons. The average Bonchev–Trinajstić information content (AvgIpc) is 2.53. The molecule has 23 heavy (non-hydrogen) atoms. The Hall–Kier alpha value is -2.70. The Balaban J connectivity index is 2.63. The fourth-order valence-electron chi connectivity index (χ4n) is 2.20. The molecule has 0 aliphatic rings. The number of fused-ring (bicyclic) bond motifs is 1. The van der Waals surface area contributed by atoms with Crippen molar-refractivity contribution in [3.8, 4) is 0 Å². The predicted octanol–water partition coefficient (Wildman–Crippen LogP) is 2.76. The number of hydrogen-bond donors (Lipinski definition) is 0. The zero-order valence-corrected chi connectivity index (χ0v) is 13.7. The number of ether oxygens (including phenoxy) is 1. The highest BCUT2D eigenvalue weighted by atomic mass is 16.5. The quantitative estimate of drug-likeness (QED) is 0.483. The minimum Gasteiger partial charge on any atom is -0.462 e. The van der Waals surface area contributed by atoms with Crippen molar-refractivity contribution in [3.05, 3.63) is 40.2 Å². The van der Waals surface area contributed by atoms with Crippen molar-refractivity contribution in [2.45, 2.75) is 20.4 Å². The second kappa shape index (κ2) is 7.04. The summed E-state index contributed by atoms with van der Waals surface area (Å²) in [6, 6.07) is 5.14. The third-order valence-corrected chi connectivity index (χ3v) is 3.24. The van der Waals surface area contributed by atoms with Crippen LogP contribution in [0, 0.1) is 0 Å². The molecule has 0 aliphatic carbocycles. The van der Waals surface area contributed by atoms with E-state index in [1.54, 1.807) is 44.2 Å². The van der Waals surface area contributed by atoms with Crippen molar-refractivity contribution in [1.82, 2.24) is 9.58 Å². The lowest BCUT2D eigenvalue weighted by Crippen LogP contribution is -2.20. The van der Waals surface area contributed by atoms with Gasteiger partial charge >= 0.3 is 5.97 Å². The number of aromatic nitrogens is 1. The van der Waals surface area contributed by atoms with Gasteiger partial charge in [-0.3, -0.25) is 9.80 Å². The van der Waals surface area contributed by atoms with Crippen LogP contribution in [0.5, 0.6) is 0 Å². The summed E-state index contributed by atoms with van der Waals surface area (Å²) < 4.78 is 6.79. The molecule has 2 aromatic rings. The van der Waals surface area contributed by atoms with Gasteiger partial charge < -0.3 is 9.30 Å². The topological polar surface area (TPSA) is 76.3 Å². The van der Waals surface area contributed by atoms with Crippen LogP contribution in [-0.4, -0.2) is 36.2 Å². The molecule has 7 heteroatoms. The first-order chi connectivity index (χ1) is 11.0. The molecule has 7 nitrogen and oxygen atoms in total. The molecule has 0 spiro atoms. The van der Waals surface area contributed by atoms with Gasteiger partial charge in [0.15, 0.2) is 0 Å². The summed E-state index contributed by atoms with van der Waals surface area (Å²) in [5, 5.41) is 10.1. The van der Waals surface area contributed by atoms with E-state index in [1.807, 2.05) is 11.5 Å². The number of benzene rings is 1. The largest absolute Gasteiger partial charge is 0.462 e. The fourth-order valence-corrected chi connectivity index (χ4v) is 2.20. The second-order valence-electron chi connectivity index (χ2n) is 5.12. The van der Waals surface area contributed by atoms with E-state index in [1.165, 1.54) is 6.20 Å². The predicted molar refractivity (Wildman–Crippen MR) is 88.0 cm³/mol. The van der Waals surface area contributed by atoms with Crippen LogP contribution in [-0.2, 0) is 11.3 Å². The molecule has 0 saturated heterocycles. The van der Waals surface area contributed by atoms with Gasteiger partial charge in [-0.05, 0) is 32.0 Å². The minimum absolute atomic E-state index is 0.0452. The summed E-state index contributed by atoms with van der Waals surface area (Å²) >= 11 is 0. The Morgan fingerprint density at radius 2 is 2.04 bits per heavy atom. The summed E-state index contributed by atoms with van der Waals surface area (Å²) in [5.74, 6) is -0.599. The van der Waals surface area contributed by atoms with Crippen molar-refractivity contribution in [3.63, 3.8) is 0 Å². The smallest absolute Gasteiger partial charge is 0.343 e. The van der Waals surface area contributed by atoms with Gasteiger partial charge in [0.05, 0.1) is 17.8 Å². The van der Waals surface area contributed by atoms with Crippen LogP contribution in [0.25, 0.3) is 10.9 Å². The molecule has 0 amide bonds. The van der Waals surface area contributed by atoms with Gasteiger partial charge in [-0.1, -0.05) is 5.22 Å². The van der Waals surface area contributed by atoms with Gasteiger partial charge in [0.2, 0.25) is 5.43 Å². The standard InChI is InChI=1S/C16H20N4O3/c1-5-20-10-13(16(22)23-6-2)15(21)12-8-7-11(9-14(12)20)17-18-19(3)4/h7-10H,5-6H2,1-4H3. The zero-order chi connectivity index (χ0) is 17.0. The van der Waals surface area contributed by atoms with E-state index >= 15 is 0 Å². The molecule has 0 atom stereocenters. The third-order valence-electron chi connectivity index (χ3n) is 3.24. The Morgan fingerprint density at radius 3 is 2.65 bits per heavy atom. The maximum absolute atomic E-state index is 12.5. The molecular formula is C16H20N4O3. The van der Waals surface area contributed by atoms with Gasteiger partial charge in [-0.15, -0.1) is 5.11 Å². The summed E-state index contributed by atoms with van der Waals surface area (Å²) in [6.45, 7) is 4.48. The number of rotatable bonds is 5. The Bertz CT molecular complexity index is 809. The molecule has 0 saturated carbocycles. The lowest BCUT2D eigenvalue weighted by Gasteiger charge is -2.11. The molecule has 1 heterocycles. The highest BCUT2D eigenvalue weighted by Gasteiger charge is 2.16. The number of pyridine rings is 1. The van der Waals surface area contributed by atoms with E-state index in [9.17, 15) is 9.59 Å². The van der Waals surface area contributed by atoms with Crippen molar-refractivity contribution in [2.24, 2.45) is 10.3 Å². The first kappa shape index (κ1) is 16.7. The molecule has 0 bridgehead atoms. The Labute approximate surface area is 134 Å². The zero-order valence-electron chi connectivity index (χ0n) is 13.7. The van der Waals surface area contributed by atoms with E-state index in [0.717, 1.165) is 0 Å².